The van der Waals surface area contributed by atoms with Gasteiger partial charge in [0.2, 0.25) is 5.36 Å². The van der Waals surface area contributed by atoms with Gasteiger partial charge in [-0.1, -0.05) is 32.9 Å². The van der Waals surface area contributed by atoms with Crippen LogP contribution < -0.4 is 14.8 Å². The molecule has 0 aromatic heterocycles. The van der Waals surface area contributed by atoms with E-state index in [-0.39, 0.29) is 62.9 Å². The Morgan fingerprint density at radius 3 is 1.80 bits per heavy atom. The largest absolute Gasteiger partial charge is 0.460 e. The highest BCUT2D eigenvalue weighted by molar-refractivity contribution is 7.86. The number of carbonyl (C=O) groups excluding carboxylic acids is 1. The summed E-state index contributed by atoms with van der Waals surface area (Å²) in [5.41, 5.74) is 1.88. The Kier molecular flexibility index (Phi) is 26.8. The molecule has 3 aliphatic rings. The van der Waals surface area contributed by atoms with Gasteiger partial charge in [0, 0.05) is 60.3 Å². The number of hydrogen-bond donors (Lipinski definition) is 3. The first-order valence-electron chi connectivity index (χ1n) is 25.3. The molecule has 24 heteroatoms. The molecule has 0 saturated heterocycles. The minimum Gasteiger partial charge on any atom is -0.460 e. The molecule has 0 fully saturated rings. The number of Topliss-reactive ketones (excluding diaryl/α,β-unsaturated/α-hetero) is 1. The minimum absolute atomic E-state index is 0.0194. The average Bonchev–Trinajstić information content (AvgIpc) is 3.57. The minimum atomic E-state index is -4.64. The molecule has 2 heterocycles. The normalized spacial score (nSPS) is 16.4. The van der Waals surface area contributed by atoms with E-state index < -0.39 is 52.7 Å². The number of benzene rings is 2. The first-order chi connectivity index (χ1) is 35.9. The van der Waals surface area contributed by atoms with Crippen LogP contribution in [0.1, 0.15) is 77.2 Å². The number of methoxy groups -OCH3 is 1. The van der Waals surface area contributed by atoms with Gasteiger partial charge in [0.25, 0.3) is 30.4 Å². The topological polar surface area (TPSA) is 273 Å². The van der Waals surface area contributed by atoms with Crippen molar-refractivity contribution < 1.29 is 86.0 Å². The van der Waals surface area contributed by atoms with Gasteiger partial charge >= 0.3 is 0 Å². The van der Waals surface area contributed by atoms with Crippen molar-refractivity contribution in [1.29, 1.82) is 0 Å². The van der Waals surface area contributed by atoms with Gasteiger partial charge in [-0.2, -0.15) is 25.3 Å². The third kappa shape index (κ3) is 22.8. The van der Waals surface area contributed by atoms with Crippen LogP contribution in [0.25, 0.3) is 17.4 Å². The predicted octanol–water partition coefficient (Wildman–Crippen LogP) is 5.06. The van der Waals surface area contributed by atoms with E-state index in [2.05, 4.69) is 0 Å². The number of carbonyl (C=O) groups is 1. The number of allylic oxidation sites excluding steroid dienone is 3. The fourth-order valence-corrected chi connectivity index (χ4v) is 9.76. The van der Waals surface area contributed by atoms with E-state index in [4.69, 9.17) is 42.3 Å². The molecule has 1 atom stereocenters. The number of ether oxygens (including phenoxy) is 8. The quantitative estimate of drug-likeness (QED) is 0.0384. The van der Waals surface area contributed by atoms with Crippen LogP contribution in [0, 0.1) is 0 Å². The maximum Gasteiger partial charge on any atom is 0.294 e. The first-order valence-corrected chi connectivity index (χ1v) is 30.0. The second-order valence-electron chi connectivity index (χ2n) is 19.3. The van der Waals surface area contributed by atoms with Crippen LogP contribution >= 0.6 is 0 Å². The zero-order valence-electron chi connectivity index (χ0n) is 44.7. The van der Waals surface area contributed by atoms with E-state index in [1.165, 1.54) is 19.1 Å². The SMILES string of the molecule is COCCOCCOCCOCC[N+](CCCS(=O)(=O)O)=c1ccc2c(/C=C/C=C3\N(CCOCCOCCOCCOCCC(C)=O)c4ccc(S(=O)(=O)O)cc4C3(C)CCCS(=O)(=O)O)cc(C(C)(C)C)oc-2c1. The Hall–Kier alpha value is -3.99. The first kappa shape index (κ1) is 64.5. The molecule has 21 nitrogen and oxygen atoms in total. The lowest BCUT2D eigenvalue weighted by Crippen LogP contribution is -2.35. The van der Waals surface area contributed by atoms with Gasteiger partial charge in [-0.3, -0.25) is 18.5 Å². The van der Waals surface area contributed by atoms with Crippen LogP contribution in [0.4, 0.5) is 5.69 Å². The summed E-state index contributed by atoms with van der Waals surface area (Å²) in [7, 11) is -11.6. The van der Waals surface area contributed by atoms with Crippen molar-refractivity contribution >= 4 is 47.9 Å². The maximum atomic E-state index is 12.5. The standard InChI is InChI=1S/C52H78N2O19S3/c1-41(55)16-21-66-26-29-70-34-35-72-31-28-68-23-20-54-47-15-13-44(76(62,63)64)40-46(47)52(5,17-8-36-74(56,57)58)49(54)11-7-10-42-38-50(51(2,3)4)73-48-39-43(12-14-45(42)48)53(18-9-37-75(59,60)61)19-22-67-27-30-71-33-32-69-25-24-65-6/h7,10-15,38-40H,8-9,16-37H2,1-6H3,(H2-,56,57,58,59,60,61,62,63,64)/p+1. The zero-order valence-corrected chi connectivity index (χ0v) is 47.2. The highest BCUT2D eigenvalue weighted by Crippen LogP contribution is 2.51. The summed E-state index contributed by atoms with van der Waals surface area (Å²) in [6, 6.07) is 11.9. The molecule has 1 aromatic rings. The maximum absolute atomic E-state index is 12.5. The van der Waals surface area contributed by atoms with E-state index in [0.29, 0.717) is 121 Å². The number of rotatable bonds is 38. The lowest BCUT2D eigenvalue weighted by atomic mass is 9.77. The van der Waals surface area contributed by atoms with Crippen molar-refractivity contribution in [2.75, 3.05) is 142 Å². The second kappa shape index (κ2) is 31.6. The van der Waals surface area contributed by atoms with E-state index >= 15 is 0 Å². The summed E-state index contributed by atoms with van der Waals surface area (Å²) in [4.78, 5) is 12.7. The zero-order chi connectivity index (χ0) is 55.8. The summed E-state index contributed by atoms with van der Waals surface area (Å²) in [5, 5.41) is 0.732. The molecule has 4 rings (SSSR count). The molecule has 1 aliphatic carbocycles. The second-order valence-corrected chi connectivity index (χ2v) is 23.9. The molecule has 1 unspecified atom stereocenters. The lowest BCUT2D eigenvalue weighted by molar-refractivity contribution is -0.118. The summed E-state index contributed by atoms with van der Waals surface area (Å²) in [6.45, 7) is 15.7. The molecule has 3 N–H and O–H groups in total. The van der Waals surface area contributed by atoms with Crippen LogP contribution in [-0.2, 0) is 83.9 Å². The smallest absolute Gasteiger partial charge is 0.294 e. The summed E-state index contributed by atoms with van der Waals surface area (Å²) in [6.07, 6.45) is 6.33. The van der Waals surface area contributed by atoms with Gasteiger partial charge < -0.3 is 47.2 Å². The predicted molar refractivity (Wildman–Crippen MR) is 287 cm³/mol. The van der Waals surface area contributed by atoms with Gasteiger partial charge in [0.05, 0.1) is 115 Å². The third-order valence-electron chi connectivity index (χ3n) is 12.2. The van der Waals surface area contributed by atoms with Crippen molar-refractivity contribution in [1.82, 2.24) is 4.58 Å². The molecule has 1 aromatic carbocycles. The van der Waals surface area contributed by atoms with Gasteiger partial charge in [-0.15, -0.1) is 0 Å². The van der Waals surface area contributed by atoms with Crippen LogP contribution in [-0.4, -0.2) is 182 Å². The number of hydrogen-bond acceptors (Lipinski definition) is 17. The van der Waals surface area contributed by atoms with E-state index in [9.17, 15) is 43.7 Å². The molecule has 0 bridgehead atoms. The highest BCUT2D eigenvalue weighted by Gasteiger charge is 2.44. The number of fused-ring (bicyclic) bond motifs is 2. The molecule has 0 saturated carbocycles. The molecule has 0 radical (unpaired) electrons. The Morgan fingerprint density at radius 1 is 0.697 bits per heavy atom. The van der Waals surface area contributed by atoms with Crippen molar-refractivity contribution in [2.24, 2.45) is 0 Å². The fraction of sp³-hybridized carbons (Fsp3) is 0.615. The molecule has 428 valence electrons. The Morgan fingerprint density at radius 2 is 1.25 bits per heavy atom. The van der Waals surface area contributed by atoms with Crippen molar-refractivity contribution in [3.05, 3.63) is 82.6 Å². The Balaban J connectivity index is 1.64. The fourth-order valence-electron chi connectivity index (χ4n) is 8.25. The lowest BCUT2D eigenvalue weighted by Gasteiger charge is -2.30. The Labute approximate surface area is 448 Å². The van der Waals surface area contributed by atoms with E-state index in [0.717, 1.165) is 16.5 Å². The van der Waals surface area contributed by atoms with Crippen LogP contribution in [0.15, 0.2) is 69.6 Å². The average molecular weight is 1130 g/mol. The van der Waals surface area contributed by atoms with Crippen molar-refractivity contribution in [3.63, 3.8) is 0 Å². The van der Waals surface area contributed by atoms with E-state index in [1.54, 1.807) is 13.2 Å². The third-order valence-corrected chi connectivity index (χ3v) is 14.6. The van der Waals surface area contributed by atoms with Crippen LogP contribution in [0.3, 0.4) is 0 Å². The van der Waals surface area contributed by atoms with E-state index in [1.807, 2.05) is 79.7 Å². The molecule has 0 amide bonds. The molecule has 2 aliphatic heterocycles. The molecular weight excluding hydrogens is 1050 g/mol. The van der Waals surface area contributed by atoms with Crippen molar-refractivity contribution in [2.45, 2.75) is 76.0 Å². The molecular formula is C52H79N2O19S3+. The molecule has 76 heavy (non-hydrogen) atoms. The summed E-state index contributed by atoms with van der Waals surface area (Å²) >= 11 is 0. The van der Waals surface area contributed by atoms with Gasteiger partial charge in [-0.25, -0.2) is 4.58 Å². The summed E-state index contributed by atoms with van der Waals surface area (Å²) in [5.74, 6) is 0.310. The monoisotopic (exact) mass is 1130 g/mol. The Bertz CT molecular complexity index is 2730. The van der Waals surface area contributed by atoms with Gasteiger partial charge in [0.15, 0.2) is 6.54 Å². The number of ketones is 1. The number of nitrogens with zero attached hydrogens (tertiary/aromatic N) is 2. The van der Waals surface area contributed by atoms with Gasteiger partial charge in [-0.05, 0) is 74.2 Å². The molecule has 0 spiro atoms. The van der Waals surface area contributed by atoms with Gasteiger partial charge in [0.1, 0.15) is 30.5 Å². The summed E-state index contributed by atoms with van der Waals surface area (Å²) < 4.78 is 154. The van der Waals surface area contributed by atoms with Crippen molar-refractivity contribution in [3.8, 4) is 11.3 Å². The number of anilines is 1. The van der Waals surface area contributed by atoms with Crippen LogP contribution in [0.5, 0.6) is 0 Å². The highest BCUT2D eigenvalue weighted by atomic mass is 32.2. The van der Waals surface area contributed by atoms with Crippen LogP contribution in [0.2, 0.25) is 0 Å².